The number of methoxy groups -OCH3 is 2. The molecule has 0 radical (unpaired) electrons. The lowest BCUT2D eigenvalue weighted by atomic mass is 9.95. The average molecular weight is 484 g/mol. The summed E-state index contributed by atoms with van der Waals surface area (Å²) in [6, 6.07) is 21.6. The Kier molecular flexibility index (Phi) is 6.16. The number of aromatic amines is 1. The van der Waals surface area contributed by atoms with Gasteiger partial charge < -0.3 is 14.2 Å². The summed E-state index contributed by atoms with van der Waals surface area (Å²) in [5.41, 5.74) is 4.66. The van der Waals surface area contributed by atoms with Gasteiger partial charge in [-0.15, -0.1) is 0 Å². The van der Waals surface area contributed by atoms with Crippen molar-refractivity contribution >= 4 is 17.6 Å². The minimum Gasteiger partial charge on any atom is -0.497 e. The van der Waals surface area contributed by atoms with E-state index in [0.29, 0.717) is 35.0 Å². The fraction of sp³-hybridized carbons (Fsp3) is 0.179. The van der Waals surface area contributed by atoms with Crippen molar-refractivity contribution in [2.24, 2.45) is 0 Å². The molecule has 3 aromatic carbocycles. The van der Waals surface area contributed by atoms with E-state index in [0.717, 1.165) is 22.4 Å². The van der Waals surface area contributed by atoms with E-state index in [1.165, 1.54) is 0 Å². The molecule has 5 rings (SSSR count). The number of benzene rings is 3. The van der Waals surface area contributed by atoms with Crippen LogP contribution in [-0.2, 0) is 4.74 Å². The number of nitrogens with zero attached hydrogens (tertiary/aromatic N) is 2. The highest BCUT2D eigenvalue weighted by Gasteiger charge is 2.43. The van der Waals surface area contributed by atoms with E-state index in [1.807, 2.05) is 48.5 Å². The topological polar surface area (TPSA) is 93.8 Å². The van der Waals surface area contributed by atoms with Crippen molar-refractivity contribution in [2.45, 2.75) is 13.0 Å². The summed E-state index contributed by atoms with van der Waals surface area (Å²) in [6.07, 6.45) is 0. The quantitative estimate of drug-likeness (QED) is 0.371. The standard InChI is InChI=1S/C28H25N3O5/c1-4-36-28(33)18-8-12-20(13-9-18)31-26(19-6-5-7-22(16-19)35-3)23-24(29-30-25(23)27(31)32)17-10-14-21(34-2)15-11-17/h5-16,26H,4H2,1-3H3,(H,29,30)/t26-/m0/s1. The third-order valence-electron chi connectivity index (χ3n) is 6.20. The zero-order chi connectivity index (χ0) is 25.2. The number of rotatable bonds is 7. The molecule has 0 fully saturated rings. The molecule has 0 saturated heterocycles. The SMILES string of the molecule is CCOC(=O)c1ccc(N2C(=O)c3[nH]nc(-c4ccc(OC)cc4)c3[C@@H]2c2cccc(OC)c2)cc1. The molecule has 1 aliphatic heterocycles. The zero-order valence-electron chi connectivity index (χ0n) is 20.1. The largest absolute Gasteiger partial charge is 0.497 e. The van der Waals surface area contributed by atoms with Gasteiger partial charge in [0.25, 0.3) is 5.91 Å². The molecule has 0 spiro atoms. The number of esters is 1. The maximum atomic E-state index is 13.7. The van der Waals surface area contributed by atoms with E-state index in [9.17, 15) is 9.59 Å². The summed E-state index contributed by atoms with van der Waals surface area (Å²) in [5, 5.41) is 7.47. The van der Waals surface area contributed by atoms with Gasteiger partial charge in [-0.1, -0.05) is 12.1 Å². The Hall–Kier alpha value is -4.59. The van der Waals surface area contributed by atoms with E-state index in [1.54, 1.807) is 50.3 Å². The summed E-state index contributed by atoms with van der Waals surface area (Å²) in [4.78, 5) is 27.6. The van der Waals surface area contributed by atoms with Crippen LogP contribution in [0.1, 0.15) is 44.9 Å². The van der Waals surface area contributed by atoms with Gasteiger partial charge in [0.2, 0.25) is 0 Å². The number of ether oxygens (including phenoxy) is 3. The normalized spacial score (nSPS) is 14.5. The number of anilines is 1. The van der Waals surface area contributed by atoms with Crippen LogP contribution in [0.2, 0.25) is 0 Å². The fourth-order valence-electron chi connectivity index (χ4n) is 4.48. The summed E-state index contributed by atoms with van der Waals surface area (Å²) in [5.74, 6) is 0.793. The molecule has 8 heteroatoms. The van der Waals surface area contributed by atoms with Crippen molar-refractivity contribution < 1.29 is 23.8 Å². The Bertz CT molecular complexity index is 1410. The molecule has 36 heavy (non-hydrogen) atoms. The second-order valence-electron chi connectivity index (χ2n) is 8.21. The van der Waals surface area contributed by atoms with Gasteiger partial charge in [-0.05, 0) is 73.2 Å². The van der Waals surface area contributed by atoms with Gasteiger partial charge in [-0.25, -0.2) is 4.79 Å². The maximum Gasteiger partial charge on any atom is 0.338 e. The number of hydrogen-bond donors (Lipinski definition) is 1. The minimum atomic E-state index is -0.466. The van der Waals surface area contributed by atoms with Crippen LogP contribution in [-0.4, -0.2) is 42.9 Å². The molecule has 1 aliphatic rings. The van der Waals surface area contributed by atoms with Gasteiger partial charge in [0, 0.05) is 16.8 Å². The van der Waals surface area contributed by atoms with E-state index < -0.39 is 12.0 Å². The molecular weight excluding hydrogens is 458 g/mol. The van der Waals surface area contributed by atoms with Crippen molar-refractivity contribution in [1.29, 1.82) is 0 Å². The first kappa shape index (κ1) is 23.2. The lowest BCUT2D eigenvalue weighted by molar-refractivity contribution is 0.0526. The second kappa shape index (κ2) is 9.58. The third-order valence-corrected chi connectivity index (χ3v) is 6.20. The van der Waals surface area contributed by atoms with Crippen LogP contribution in [0, 0.1) is 0 Å². The Morgan fingerprint density at radius 1 is 0.972 bits per heavy atom. The third kappa shape index (κ3) is 3.96. The predicted molar refractivity (Wildman–Crippen MR) is 135 cm³/mol. The highest BCUT2D eigenvalue weighted by molar-refractivity contribution is 6.12. The number of H-pyrrole nitrogens is 1. The molecule has 8 nitrogen and oxygen atoms in total. The van der Waals surface area contributed by atoms with E-state index in [2.05, 4.69) is 10.2 Å². The minimum absolute atomic E-state index is 0.214. The van der Waals surface area contributed by atoms with Crippen LogP contribution in [0.25, 0.3) is 11.3 Å². The lowest BCUT2D eigenvalue weighted by Gasteiger charge is -2.27. The molecule has 4 aromatic rings. The Balaban J connectivity index is 1.63. The number of carbonyl (C=O) groups excluding carboxylic acids is 2. The van der Waals surface area contributed by atoms with Crippen molar-refractivity contribution in [3.63, 3.8) is 0 Å². The summed E-state index contributed by atoms with van der Waals surface area (Å²) >= 11 is 0. The van der Waals surface area contributed by atoms with E-state index >= 15 is 0 Å². The second-order valence-corrected chi connectivity index (χ2v) is 8.21. The van der Waals surface area contributed by atoms with Crippen LogP contribution in [0.15, 0.2) is 72.8 Å². The van der Waals surface area contributed by atoms with Gasteiger partial charge in [0.1, 0.15) is 17.2 Å². The Morgan fingerprint density at radius 2 is 1.69 bits per heavy atom. The lowest BCUT2D eigenvalue weighted by Crippen LogP contribution is -2.29. The van der Waals surface area contributed by atoms with Crippen LogP contribution in [0.3, 0.4) is 0 Å². The average Bonchev–Trinajstić information content (AvgIpc) is 3.48. The first-order valence-corrected chi connectivity index (χ1v) is 11.5. The number of hydrogen-bond acceptors (Lipinski definition) is 6. The molecule has 1 amide bonds. The molecule has 1 atom stereocenters. The number of nitrogens with one attached hydrogen (secondary N) is 1. The van der Waals surface area contributed by atoms with Gasteiger partial charge in [0.15, 0.2) is 0 Å². The maximum absolute atomic E-state index is 13.7. The van der Waals surface area contributed by atoms with Crippen molar-refractivity contribution in [1.82, 2.24) is 10.2 Å². The van der Waals surface area contributed by atoms with Crippen LogP contribution >= 0.6 is 0 Å². The van der Waals surface area contributed by atoms with Crippen LogP contribution in [0.4, 0.5) is 5.69 Å². The summed E-state index contributed by atoms with van der Waals surface area (Å²) in [7, 11) is 3.22. The first-order valence-electron chi connectivity index (χ1n) is 11.5. The van der Waals surface area contributed by atoms with Crippen molar-refractivity contribution in [2.75, 3.05) is 25.7 Å². The molecule has 0 unspecified atom stereocenters. The number of aromatic nitrogens is 2. The molecule has 0 saturated carbocycles. The smallest absolute Gasteiger partial charge is 0.338 e. The Morgan fingerprint density at radius 3 is 2.36 bits per heavy atom. The van der Waals surface area contributed by atoms with Gasteiger partial charge >= 0.3 is 5.97 Å². The number of fused-ring (bicyclic) bond motifs is 1. The van der Waals surface area contributed by atoms with E-state index in [-0.39, 0.29) is 5.91 Å². The molecule has 0 bridgehead atoms. The van der Waals surface area contributed by atoms with E-state index in [4.69, 9.17) is 14.2 Å². The van der Waals surface area contributed by atoms with Gasteiger partial charge in [0.05, 0.1) is 38.1 Å². The highest BCUT2D eigenvalue weighted by Crippen LogP contribution is 2.45. The predicted octanol–water partition coefficient (Wildman–Crippen LogP) is 5.02. The first-order chi connectivity index (χ1) is 17.5. The van der Waals surface area contributed by atoms with Crippen molar-refractivity contribution in [3.8, 4) is 22.8 Å². The highest BCUT2D eigenvalue weighted by atomic mass is 16.5. The summed E-state index contributed by atoms with van der Waals surface area (Å²) < 4.78 is 15.9. The van der Waals surface area contributed by atoms with Gasteiger partial charge in [-0.2, -0.15) is 5.10 Å². The van der Waals surface area contributed by atoms with Crippen molar-refractivity contribution in [3.05, 3.63) is 95.2 Å². The van der Waals surface area contributed by atoms with Gasteiger partial charge in [-0.3, -0.25) is 14.8 Å². The monoisotopic (exact) mass is 483 g/mol. The number of carbonyl (C=O) groups is 2. The zero-order valence-corrected chi connectivity index (χ0v) is 20.1. The molecule has 2 heterocycles. The molecule has 1 aromatic heterocycles. The van der Waals surface area contributed by atoms with Crippen LogP contribution < -0.4 is 14.4 Å². The molecule has 0 aliphatic carbocycles. The fourth-order valence-corrected chi connectivity index (χ4v) is 4.48. The Labute approximate surface area is 208 Å². The molecule has 182 valence electrons. The summed E-state index contributed by atoms with van der Waals surface area (Å²) in [6.45, 7) is 2.05. The molecule has 1 N–H and O–H groups in total. The van der Waals surface area contributed by atoms with Crippen LogP contribution in [0.5, 0.6) is 11.5 Å². The molecular formula is C28H25N3O5. The number of amides is 1.